The van der Waals surface area contributed by atoms with Crippen molar-refractivity contribution in [1.82, 2.24) is 5.32 Å². The molecule has 0 saturated carbocycles. The van der Waals surface area contributed by atoms with Gasteiger partial charge in [0.2, 0.25) is 0 Å². The van der Waals surface area contributed by atoms with E-state index in [2.05, 4.69) is 26.6 Å². The van der Waals surface area contributed by atoms with Gasteiger partial charge in [-0.3, -0.25) is 4.79 Å². The van der Waals surface area contributed by atoms with Crippen LogP contribution in [0.1, 0.15) is 22.2 Å². The van der Waals surface area contributed by atoms with E-state index in [9.17, 15) is 4.79 Å². The molecule has 0 unspecified atom stereocenters. The van der Waals surface area contributed by atoms with Gasteiger partial charge in [-0.2, -0.15) is 0 Å². The normalized spacial score (nSPS) is 10.2. The Morgan fingerprint density at radius 3 is 2.89 bits per heavy atom. The monoisotopic (exact) mass is 338 g/mol. The highest BCUT2D eigenvalue weighted by Crippen LogP contribution is 2.23. The van der Waals surface area contributed by atoms with E-state index in [0.29, 0.717) is 12.1 Å². The molecule has 2 aromatic rings. The molecule has 0 aliphatic heterocycles. The smallest absolute Gasteiger partial charge is 0.251 e. The first-order valence-corrected chi connectivity index (χ1v) is 7.72. The fourth-order valence-electron chi connectivity index (χ4n) is 1.67. The molecule has 0 bridgehead atoms. The predicted molar refractivity (Wildman–Crippen MR) is 83.8 cm³/mol. The summed E-state index contributed by atoms with van der Waals surface area (Å²) < 4.78 is 1.12. The third-order valence-corrected chi connectivity index (χ3v) is 4.53. The number of hydrogen-bond donors (Lipinski definition) is 2. The third kappa shape index (κ3) is 3.81. The van der Waals surface area contributed by atoms with Crippen LogP contribution in [0.4, 0.5) is 5.69 Å². The molecule has 1 aromatic carbocycles. The van der Waals surface area contributed by atoms with Gasteiger partial charge < -0.3 is 10.6 Å². The van der Waals surface area contributed by atoms with Gasteiger partial charge in [-0.15, -0.1) is 11.3 Å². The quantitative estimate of drug-likeness (QED) is 0.868. The van der Waals surface area contributed by atoms with Crippen LogP contribution < -0.4 is 10.6 Å². The van der Waals surface area contributed by atoms with E-state index in [-0.39, 0.29) is 5.91 Å². The fourth-order valence-corrected chi connectivity index (χ4v) is 3.10. The fraction of sp³-hybridized carbons (Fsp3) is 0.214. The highest BCUT2D eigenvalue weighted by Gasteiger charge is 2.05. The Labute approximate surface area is 125 Å². The van der Waals surface area contributed by atoms with Gasteiger partial charge in [0.25, 0.3) is 5.91 Å². The number of amides is 1. The number of carbonyl (C=O) groups is 1. The zero-order valence-electron chi connectivity index (χ0n) is 10.6. The van der Waals surface area contributed by atoms with Crippen molar-refractivity contribution >= 4 is 38.9 Å². The lowest BCUT2D eigenvalue weighted by atomic mass is 10.2. The number of hydrogen-bond acceptors (Lipinski definition) is 3. The molecular weight excluding hydrogens is 324 g/mol. The average Bonchev–Trinajstić information content (AvgIpc) is 2.82. The van der Waals surface area contributed by atoms with Gasteiger partial charge in [-0.1, -0.05) is 6.07 Å². The van der Waals surface area contributed by atoms with E-state index in [1.54, 1.807) is 11.3 Å². The minimum absolute atomic E-state index is 0.0385. The van der Waals surface area contributed by atoms with Crippen molar-refractivity contribution in [3.05, 3.63) is 50.6 Å². The van der Waals surface area contributed by atoms with Gasteiger partial charge >= 0.3 is 0 Å². The summed E-state index contributed by atoms with van der Waals surface area (Å²) in [6, 6.07) is 9.57. The Kier molecular flexibility index (Phi) is 4.99. The average molecular weight is 339 g/mol. The second-order valence-corrected chi connectivity index (χ2v) is 5.84. The molecule has 100 valence electrons. The van der Waals surface area contributed by atoms with Crippen molar-refractivity contribution in [3.63, 3.8) is 0 Å². The van der Waals surface area contributed by atoms with Gasteiger partial charge in [0, 0.05) is 27.1 Å². The molecule has 0 radical (unpaired) electrons. The summed E-state index contributed by atoms with van der Waals surface area (Å²) in [5.74, 6) is -0.0385. The van der Waals surface area contributed by atoms with Crippen molar-refractivity contribution in [2.24, 2.45) is 0 Å². The second kappa shape index (κ2) is 6.73. The Balaban J connectivity index is 2.03. The van der Waals surface area contributed by atoms with Crippen LogP contribution in [0.5, 0.6) is 0 Å². The largest absolute Gasteiger partial charge is 0.380 e. The van der Waals surface area contributed by atoms with Crippen LogP contribution in [0, 0.1) is 0 Å². The van der Waals surface area contributed by atoms with E-state index in [1.165, 1.54) is 4.88 Å². The first-order chi connectivity index (χ1) is 9.20. The highest BCUT2D eigenvalue weighted by molar-refractivity contribution is 9.10. The molecule has 1 heterocycles. The molecule has 2 rings (SSSR count). The number of anilines is 1. The number of benzene rings is 1. The van der Waals surface area contributed by atoms with Gasteiger partial charge in [-0.05, 0) is 52.5 Å². The summed E-state index contributed by atoms with van der Waals surface area (Å²) in [5.41, 5.74) is 1.63. The van der Waals surface area contributed by atoms with E-state index in [0.717, 1.165) is 16.7 Å². The molecule has 1 amide bonds. The molecule has 3 nitrogen and oxygen atoms in total. The maximum Gasteiger partial charge on any atom is 0.251 e. The molecule has 0 aliphatic carbocycles. The SMILES string of the molecule is CCNC(=O)c1cccc(NCc2sccc2Br)c1. The third-order valence-electron chi connectivity index (χ3n) is 2.61. The summed E-state index contributed by atoms with van der Waals surface area (Å²) in [7, 11) is 0. The molecule has 5 heteroatoms. The topological polar surface area (TPSA) is 41.1 Å². The van der Waals surface area contributed by atoms with Gasteiger partial charge in [0.1, 0.15) is 0 Å². The van der Waals surface area contributed by atoms with Crippen LogP contribution in [0.2, 0.25) is 0 Å². The van der Waals surface area contributed by atoms with Crippen molar-refractivity contribution in [1.29, 1.82) is 0 Å². The predicted octanol–water partition coefficient (Wildman–Crippen LogP) is 3.87. The Morgan fingerprint density at radius 2 is 2.21 bits per heavy atom. The number of carbonyl (C=O) groups excluding carboxylic acids is 1. The highest BCUT2D eigenvalue weighted by atomic mass is 79.9. The molecule has 2 N–H and O–H groups in total. The molecule has 0 aliphatic rings. The summed E-state index contributed by atoms with van der Waals surface area (Å²) >= 11 is 5.20. The van der Waals surface area contributed by atoms with Gasteiger partial charge in [0.05, 0.1) is 6.54 Å². The summed E-state index contributed by atoms with van der Waals surface area (Å²) in [5, 5.41) is 8.17. The van der Waals surface area contributed by atoms with Crippen molar-refractivity contribution < 1.29 is 4.79 Å². The lowest BCUT2D eigenvalue weighted by Gasteiger charge is -2.08. The maximum atomic E-state index is 11.7. The van der Waals surface area contributed by atoms with Crippen molar-refractivity contribution in [3.8, 4) is 0 Å². The minimum Gasteiger partial charge on any atom is -0.380 e. The summed E-state index contributed by atoms with van der Waals surface area (Å²) in [6.45, 7) is 3.30. The Morgan fingerprint density at radius 1 is 1.37 bits per heavy atom. The number of nitrogens with one attached hydrogen (secondary N) is 2. The number of halogens is 1. The first-order valence-electron chi connectivity index (χ1n) is 6.04. The van der Waals surface area contributed by atoms with Crippen LogP contribution >= 0.6 is 27.3 Å². The lowest BCUT2D eigenvalue weighted by molar-refractivity contribution is 0.0956. The summed E-state index contributed by atoms with van der Waals surface area (Å²) in [4.78, 5) is 13.0. The van der Waals surface area contributed by atoms with Crippen LogP contribution in [0.25, 0.3) is 0 Å². The minimum atomic E-state index is -0.0385. The zero-order chi connectivity index (χ0) is 13.7. The zero-order valence-corrected chi connectivity index (χ0v) is 13.0. The Bertz CT molecular complexity index is 568. The molecule has 0 atom stereocenters. The van der Waals surface area contributed by atoms with E-state index < -0.39 is 0 Å². The van der Waals surface area contributed by atoms with Crippen LogP contribution in [-0.2, 0) is 6.54 Å². The van der Waals surface area contributed by atoms with Crippen molar-refractivity contribution in [2.45, 2.75) is 13.5 Å². The van der Waals surface area contributed by atoms with E-state index >= 15 is 0 Å². The van der Waals surface area contributed by atoms with E-state index in [4.69, 9.17) is 0 Å². The lowest BCUT2D eigenvalue weighted by Crippen LogP contribution is -2.22. The second-order valence-electron chi connectivity index (χ2n) is 3.99. The Hall–Kier alpha value is -1.33. The van der Waals surface area contributed by atoms with E-state index in [1.807, 2.05) is 42.6 Å². The molecular formula is C14H15BrN2OS. The first kappa shape index (κ1) is 14.1. The van der Waals surface area contributed by atoms with Crippen LogP contribution in [-0.4, -0.2) is 12.5 Å². The maximum absolute atomic E-state index is 11.7. The molecule has 1 aromatic heterocycles. The molecule has 0 fully saturated rings. The van der Waals surface area contributed by atoms with Crippen LogP contribution in [0.15, 0.2) is 40.2 Å². The molecule has 0 spiro atoms. The standard InChI is InChI=1S/C14H15BrN2OS/c1-2-16-14(18)10-4-3-5-11(8-10)17-9-13-12(15)6-7-19-13/h3-8,17H,2,9H2,1H3,(H,16,18). The number of rotatable bonds is 5. The molecule has 19 heavy (non-hydrogen) atoms. The molecule has 0 saturated heterocycles. The number of thiophene rings is 1. The summed E-state index contributed by atoms with van der Waals surface area (Å²) in [6.07, 6.45) is 0. The van der Waals surface area contributed by atoms with Gasteiger partial charge in [0.15, 0.2) is 0 Å². The van der Waals surface area contributed by atoms with Crippen molar-refractivity contribution in [2.75, 3.05) is 11.9 Å². The van der Waals surface area contributed by atoms with Crippen LogP contribution in [0.3, 0.4) is 0 Å². The van der Waals surface area contributed by atoms with Gasteiger partial charge in [-0.25, -0.2) is 0 Å².